The van der Waals surface area contributed by atoms with E-state index < -0.39 is 0 Å². The maximum atomic E-state index is 6.36. The van der Waals surface area contributed by atoms with Crippen molar-refractivity contribution in [2.75, 3.05) is 13.2 Å². The molecule has 2 heteroatoms. The molecule has 0 amide bonds. The van der Waals surface area contributed by atoms with Crippen molar-refractivity contribution in [1.82, 2.24) is 0 Å². The highest BCUT2D eigenvalue weighted by Crippen LogP contribution is 2.46. The van der Waals surface area contributed by atoms with E-state index >= 15 is 0 Å². The van der Waals surface area contributed by atoms with E-state index in [1.807, 2.05) is 0 Å². The predicted octanol–water partition coefficient (Wildman–Crippen LogP) is 5.74. The number of hydrogen-bond donors (Lipinski definition) is 0. The topological polar surface area (TPSA) is 18.5 Å². The van der Waals surface area contributed by atoms with Crippen LogP contribution in [0.1, 0.15) is 65.2 Å². The van der Waals surface area contributed by atoms with Gasteiger partial charge in [-0.3, -0.25) is 0 Å². The van der Waals surface area contributed by atoms with E-state index in [9.17, 15) is 0 Å². The summed E-state index contributed by atoms with van der Waals surface area (Å²) in [6.45, 7) is 6.15. The van der Waals surface area contributed by atoms with Crippen LogP contribution in [0, 0.1) is 35.5 Å². The zero-order valence-electron chi connectivity index (χ0n) is 16.2. The standard InChI is InChI=1S/C23H36O2/c1-3-23(4-2,24-11-9-21-15-17-5-7-19(21)13-17)25-12-10-22-16-18-6-8-20(22)14-18/h5-8,17-22H,3-4,9-16H2,1-2H3. The Morgan fingerprint density at radius 3 is 1.52 bits per heavy atom. The van der Waals surface area contributed by atoms with Crippen molar-refractivity contribution in [2.24, 2.45) is 35.5 Å². The van der Waals surface area contributed by atoms with Gasteiger partial charge in [-0.05, 0) is 86.9 Å². The molecule has 4 aliphatic rings. The largest absolute Gasteiger partial charge is 0.350 e. The molecule has 0 saturated heterocycles. The van der Waals surface area contributed by atoms with Gasteiger partial charge in [0.1, 0.15) is 0 Å². The highest BCUT2D eigenvalue weighted by Gasteiger charge is 2.37. The molecule has 2 fully saturated rings. The Morgan fingerprint density at radius 2 is 1.20 bits per heavy atom. The van der Waals surface area contributed by atoms with Crippen LogP contribution < -0.4 is 0 Å². The van der Waals surface area contributed by atoms with E-state index in [2.05, 4.69) is 38.2 Å². The number of rotatable bonds is 10. The van der Waals surface area contributed by atoms with Crippen LogP contribution in [0.4, 0.5) is 0 Å². The van der Waals surface area contributed by atoms with E-state index in [-0.39, 0.29) is 5.79 Å². The Balaban J connectivity index is 1.20. The Labute approximate surface area is 154 Å². The van der Waals surface area contributed by atoms with E-state index in [0.29, 0.717) is 0 Å². The lowest BCUT2D eigenvalue weighted by molar-refractivity contribution is -0.243. The van der Waals surface area contributed by atoms with Gasteiger partial charge in [0.05, 0.1) is 13.2 Å². The molecular formula is C23H36O2. The van der Waals surface area contributed by atoms with Gasteiger partial charge in [0.25, 0.3) is 0 Å². The summed E-state index contributed by atoms with van der Waals surface area (Å²) in [5, 5.41) is 0. The smallest absolute Gasteiger partial charge is 0.167 e. The Kier molecular flexibility index (Phi) is 5.38. The number of fused-ring (bicyclic) bond motifs is 4. The highest BCUT2D eigenvalue weighted by atomic mass is 16.7. The minimum Gasteiger partial charge on any atom is -0.350 e. The van der Waals surface area contributed by atoms with Crippen molar-refractivity contribution < 1.29 is 9.47 Å². The van der Waals surface area contributed by atoms with Crippen LogP contribution in [0.3, 0.4) is 0 Å². The van der Waals surface area contributed by atoms with Crippen molar-refractivity contribution >= 4 is 0 Å². The van der Waals surface area contributed by atoms with Gasteiger partial charge in [0.15, 0.2) is 5.79 Å². The fraction of sp³-hybridized carbons (Fsp3) is 0.826. The molecule has 0 aliphatic heterocycles. The summed E-state index contributed by atoms with van der Waals surface area (Å²) in [6.07, 6.45) is 19.6. The molecule has 2 nitrogen and oxygen atoms in total. The molecule has 0 heterocycles. The first kappa shape index (κ1) is 17.8. The van der Waals surface area contributed by atoms with Crippen molar-refractivity contribution in [1.29, 1.82) is 0 Å². The Morgan fingerprint density at radius 1 is 0.720 bits per heavy atom. The second kappa shape index (κ2) is 7.56. The minimum atomic E-state index is -0.346. The first-order chi connectivity index (χ1) is 12.2. The van der Waals surface area contributed by atoms with Gasteiger partial charge in [-0.15, -0.1) is 0 Å². The van der Waals surface area contributed by atoms with E-state index in [1.165, 1.54) is 38.5 Å². The second-order valence-corrected chi connectivity index (χ2v) is 8.97. The summed E-state index contributed by atoms with van der Waals surface area (Å²) >= 11 is 0. The molecule has 0 aromatic heterocycles. The molecule has 6 unspecified atom stereocenters. The summed E-state index contributed by atoms with van der Waals surface area (Å²) in [6, 6.07) is 0. The Hall–Kier alpha value is -0.600. The first-order valence-corrected chi connectivity index (χ1v) is 10.9. The zero-order chi connectivity index (χ0) is 17.3. The van der Waals surface area contributed by atoms with Crippen molar-refractivity contribution in [3.63, 3.8) is 0 Å². The van der Waals surface area contributed by atoms with Crippen LogP contribution in [0.25, 0.3) is 0 Å². The summed E-state index contributed by atoms with van der Waals surface area (Å²) in [4.78, 5) is 0. The fourth-order valence-electron chi connectivity index (χ4n) is 5.95. The maximum absolute atomic E-state index is 6.36. The van der Waals surface area contributed by atoms with Gasteiger partial charge in [0.2, 0.25) is 0 Å². The van der Waals surface area contributed by atoms with E-state index in [0.717, 1.165) is 61.6 Å². The highest BCUT2D eigenvalue weighted by molar-refractivity contribution is 5.10. The second-order valence-electron chi connectivity index (χ2n) is 8.97. The molecule has 0 N–H and O–H groups in total. The van der Waals surface area contributed by atoms with Crippen LogP contribution >= 0.6 is 0 Å². The maximum Gasteiger partial charge on any atom is 0.167 e. The molecule has 0 radical (unpaired) electrons. The molecule has 4 aliphatic carbocycles. The van der Waals surface area contributed by atoms with Gasteiger partial charge < -0.3 is 9.47 Å². The van der Waals surface area contributed by atoms with Crippen LogP contribution in [-0.4, -0.2) is 19.0 Å². The summed E-state index contributed by atoms with van der Waals surface area (Å²) in [5.74, 6) is 4.75. The lowest BCUT2D eigenvalue weighted by atomic mass is 9.91. The number of hydrogen-bond acceptors (Lipinski definition) is 2. The predicted molar refractivity (Wildman–Crippen MR) is 102 cm³/mol. The summed E-state index contributed by atoms with van der Waals surface area (Å²) < 4.78 is 12.7. The fourth-order valence-corrected chi connectivity index (χ4v) is 5.95. The third-order valence-electron chi connectivity index (χ3n) is 7.62. The average molecular weight is 345 g/mol. The normalized spacial score (nSPS) is 38.3. The SMILES string of the molecule is CCC(CC)(OCCC1CC2C=CC1C2)OCCC1CC2C=CC1C2. The average Bonchev–Trinajstić information content (AvgIpc) is 3.41. The van der Waals surface area contributed by atoms with Crippen molar-refractivity contribution in [3.05, 3.63) is 24.3 Å². The Bertz CT molecular complexity index is 462. The first-order valence-electron chi connectivity index (χ1n) is 10.9. The molecule has 0 aromatic carbocycles. The molecule has 6 atom stereocenters. The third-order valence-corrected chi connectivity index (χ3v) is 7.62. The number of allylic oxidation sites excluding steroid dienone is 4. The van der Waals surface area contributed by atoms with E-state index in [4.69, 9.17) is 9.47 Å². The lowest BCUT2D eigenvalue weighted by Gasteiger charge is -2.33. The van der Waals surface area contributed by atoms with Crippen molar-refractivity contribution in [2.45, 2.75) is 71.0 Å². The third kappa shape index (κ3) is 3.76. The minimum absolute atomic E-state index is 0.346. The van der Waals surface area contributed by atoms with Crippen LogP contribution in [0.2, 0.25) is 0 Å². The molecule has 25 heavy (non-hydrogen) atoms. The van der Waals surface area contributed by atoms with Crippen LogP contribution in [-0.2, 0) is 9.47 Å². The van der Waals surface area contributed by atoms with E-state index in [1.54, 1.807) is 0 Å². The van der Waals surface area contributed by atoms with Gasteiger partial charge in [-0.1, -0.05) is 38.2 Å². The molecule has 2 saturated carbocycles. The van der Waals surface area contributed by atoms with Gasteiger partial charge >= 0.3 is 0 Å². The van der Waals surface area contributed by atoms with Gasteiger partial charge in [-0.25, -0.2) is 0 Å². The van der Waals surface area contributed by atoms with Crippen LogP contribution in [0.15, 0.2) is 24.3 Å². The molecule has 4 rings (SSSR count). The zero-order valence-corrected chi connectivity index (χ0v) is 16.2. The van der Waals surface area contributed by atoms with Gasteiger partial charge in [0, 0.05) is 0 Å². The van der Waals surface area contributed by atoms with Crippen molar-refractivity contribution in [3.8, 4) is 0 Å². The molecular weight excluding hydrogens is 308 g/mol. The molecule has 0 spiro atoms. The monoisotopic (exact) mass is 344 g/mol. The lowest BCUT2D eigenvalue weighted by Crippen LogP contribution is -2.36. The quantitative estimate of drug-likeness (QED) is 0.371. The molecule has 140 valence electrons. The summed E-state index contributed by atoms with van der Waals surface area (Å²) in [5.41, 5.74) is 0. The molecule has 4 bridgehead atoms. The number of ether oxygens (including phenoxy) is 2. The molecule has 0 aromatic rings. The van der Waals surface area contributed by atoms with Gasteiger partial charge in [-0.2, -0.15) is 0 Å². The summed E-state index contributed by atoms with van der Waals surface area (Å²) in [7, 11) is 0. The van der Waals surface area contributed by atoms with Crippen LogP contribution in [0.5, 0.6) is 0 Å².